The van der Waals surface area contributed by atoms with Gasteiger partial charge in [-0.2, -0.15) is 5.10 Å². The summed E-state index contributed by atoms with van der Waals surface area (Å²) in [5.74, 6) is -1.92. The molecule has 2 unspecified atom stereocenters. The number of benzene rings is 1. The van der Waals surface area contributed by atoms with Crippen molar-refractivity contribution in [1.82, 2.24) is 9.78 Å². The molecule has 2 heterocycles. The summed E-state index contributed by atoms with van der Waals surface area (Å²) in [6, 6.07) is 7.35. The van der Waals surface area contributed by atoms with Crippen LogP contribution < -0.4 is 15.2 Å². The minimum atomic E-state index is -0.993. The Morgan fingerprint density at radius 1 is 1.32 bits per heavy atom. The van der Waals surface area contributed by atoms with Gasteiger partial charge in [0.1, 0.15) is 17.4 Å². The first-order valence-corrected chi connectivity index (χ1v) is 7.76. The van der Waals surface area contributed by atoms with Crippen LogP contribution in [0.2, 0.25) is 0 Å². The first-order valence-electron chi connectivity index (χ1n) is 7.76. The smallest absolute Gasteiger partial charge is 0.308 e. The first kappa shape index (κ1) is 16.9. The van der Waals surface area contributed by atoms with Crippen LogP contribution in [0.1, 0.15) is 11.5 Å². The fourth-order valence-electron chi connectivity index (χ4n) is 3.15. The van der Waals surface area contributed by atoms with Gasteiger partial charge in [0.2, 0.25) is 0 Å². The van der Waals surface area contributed by atoms with Gasteiger partial charge in [-0.3, -0.25) is 9.59 Å². The predicted octanol–water partition coefficient (Wildman–Crippen LogP) is 1.23. The van der Waals surface area contributed by atoms with Gasteiger partial charge in [0, 0.05) is 38.2 Å². The Balaban J connectivity index is 1.94. The molecule has 1 aromatic carbocycles. The van der Waals surface area contributed by atoms with Crippen LogP contribution >= 0.6 is 0 Å². The SMILES string of the molecule is COc1ccc(C2CN(c3ccc(=O)n(C)n3)CC2C(=O)O)c(F)c1. The monoisotopic (exact) mass is 347 g/mol. The topological polar surface area (TPSA) is 84.7 Å². The van der Waals surface area contributed by atoms with Crippen LogP contribution in [0.4, 0.5) is 10.2 Å². The number of carboxylic acid groups (broad SMARTS) is 1. The summed E-state index contributed by atoms with van der Waals surface area (Å²) in [6.45, 7) is 0.488. The number of carboxylic acids is 1. The second kappa shape index (κ2) is 6.54. The van der Waals surface area contributed by atoms with Crippen LogP contribution in [0.15, 0.2) is 35.1 Å². The van der Waals surface area contributed by atoms with E-state index in [1.54, 1.807) is 23.1 Å². The third kappa shape index (κ3) is 3.19. The number of hydrogen-bond donors (Lipinski definition) is 1. The number of halogens is 1. The zero-order valence-electron chi connectivity index (χ0n) is 13.8. The number of ether oxygens (including phenoxy) is 1. The Hall–Kier alpha value is -2.90. The lowest BCUT2D eigenvalue weighted by molar-refractivity contribution is -0.141. The van der Waals surface area contributed by atoms with Crippen LogP contribution in [-0.4, -0.2) is 41.1 Å². The maximum atomic E-state index is 14.4. The average Bonchev–Trinajstić information content (AvgIpc) is 3.02. The van der Waals surface area contributed by atoms with Gasteiger partial charge in [-0.1, -0.05) is 6.07 Å². The van der Waals surface area contributed by atoms with E-state index in [4.69, 9.17) is 4.74 Å². The van der Waals surface area contributed by atoms with Gasteiger partial charge in [0.25, 0.3) is 5.56 Å². The van der Waals surface area contributed by atoms with Crippen molar-refractivity contribution in [2.24, 2.45) is 13.0 Å². The highest BCUT2D eigenvalue weighted by Gasteiger charge is 2.40. The van der Waals surface area contributed by atoms with E-state index in [1.165, 1.54) is 31.0 Å². The molecule has 0 bridgehead atoms. The fraction of sp³-hybridized carbons (Fsp3) is 0.353. The summed E-state index contributed by atoms with van der Waals surface area (Å²) in [6.07, 6.45) is 0. The lowest BCUT2D eigenvalue weighted by Gasteiger charge is -2.18. The van der Waals surface area contributed by atoms with E-state index in [9.17, 15) is 19.1 Å². The number of hydrogen-bond acceptors (Lipinski definition) is 5. The highest BCUT2D eigenvalue weighted by Crippen LogP contribution is 2.36. The van der Waals surface area contributed by atoms with Crippen molar-refractivity contribution in [3.63, 3.8) is 0 Å². The Labute approximate surface area is 143 Å². The number of aryl methyl sites for hydroxylation is 1. The van der Waals surface area contributed by atoms with Crippen LogP contribution in [0, 0.1) is 11.7 Å². The Morgan fingerprint density at radius 3 is 2.68 bits per heavy atom. The van der Waals surface area contributed by atoms with Crippen molar-refractivity contribution in [3.8, 4) is 5.75 Å². The number of nitrogens with zero attached hydrogens (tertiary/aromatic N) is 3. The van der Waals surface area contributed by atoms with E-state index in [2.05, 4.69) is 5.10 Å². The minimum Gasteiger partial charge on any atom is -0.497 e. The molecule has 0 saturated carbocycles. The molecular weight excluding hydrogens is 329 g/mol. The summed E-state index contributed by atoms with van der Waals surface area (Å²) in [5, 5.41) is 13.7. The van der Waals surface area contributed by atoms with E-state index in [1.807, 2.05) is 0 Å². The number of rotatable bonds is 4. The summed E-state index contributed by atoms with van der Waals surface area (Å²) in [5.41, 5.74) is 0.0796. The van der Waals surface area contributed by atoms with Crippen molar-refractivity contribution in [1.29, 1.82) is 0 Å². The van der Waals surface area contributed by atoms with Crippen molar-refractivity contribution in [3.05, 3.63) is 52.1 Å². The molecule has 3 rings (SSSR count). The highest BCUT2D eigenvalue weighted by molar-refractivity contribution is 5.74. The molecule has 132 valence electrons. The van der Waals surface area contributed by atoms with Crippen LogP contribution in [0.3, 0.4) is 0 Å². The molecule has 25 heavy (non-hydrogen) atoms. The third-order valence-electron chi connectivity index (χ3n) is 4.51. The normalized spacial score (nSPS) is 19.9. The van der Waals surface area contributed by atoms with Crippen molar-refractivity contribution in [2.75, 3.05) is 25.1 Å². The van der Waals surface area contributed by atoms with Crippen LogP contribution in [0.5, 0.6) is 5.75 Å². The second-order valence-corrected chi connectivity index (χ2v) is 6.00. The highest BCUT2D eigenvalue weighted by atomic mass is 19.1. The zero-order chi connectivity index (χ0) is 18.1. The Bertz CT molecular complexity index is 867. The molecule has 1 saturated heterocycles. The largest absolute Gasteiger partial charge is 0.497 e. The van der Waals surface area contributed by atoms with Gasteiger partial charge in [-0.25, -0.2) is 9.07 Å². The van der Waals surface area contributed by atoms with Crippen LogP contribution in [-0.2, 0) is 11.8 Å². The van der Waals surface area contributed by atoms with Crippen molar-refractivity contribution >= 4 is 11.8 Å². The number of anilines is 1. The van der Waals surface area contributed by atoms with Gasteiger partial charge >= 0.3 is 5.97 Å². The van der Waals surface area contributed by atoms with Crippen molar-refractivity contribution in [2.45, 2.75) is 5.92 Å². The van der Waals surface area contributed by atoms with Gasteiger partial charge in [-0.05, 0) is 17.7 Å². The van der Waals surface area contributed by atoms with E-state index in [0.717, 1.165) is 0 Å². The molecule has 0 radical (unpaired) electrons. The standard InChI is InChI=1S/C17H18FN3O4/c1-20-16(22)6-5-15(19-20)21-8-12(13(9-21)17(23)24)11-4-3-10(25-2)7-14(11)18/h3-7,12-13H,8-9H2,1-2H3,(H,23,24). The Morgan fingerprint density at radius 2 is 2.08 bits per heavy atom. The number of aliphatic carboxylic acids is 1. The summed E-state index contributed by atoms with van der Waals surface area (Å²) < 4.78 is 20.6. The molecule has 2 atom stereocenters. The molecule has 8 heteroatoms. The van der Waals surface area contributed by atoms with E-state index in [-0.39, 0.29) is 12.1 Å². The molecule has 0 spiro atoms. The van der Waals surface area contributed by atoms with Crippen LogP contribution in [0.25, 0.3) is 0 Å². The molecule has 7 nitrogen and oxygen atoms in total. The maximum absolute atomic E-state index is 14.4. The van der Waals surface area contributed by atoms with E-state index in [0.29, 0.717) is 23.7 Å². The number of aromatic nitrogens is 2. The van der Waals surface area contributed by atoms with E-state index < -0.39 is 23.6 Å². The van der Waals surface area contributed by atoms with Gasteiger partial charge in [0.15, 0.2) is 0 Å². The molecule has 1 fully saturated rings. The van der Waals surface area contributed by atoms with Gasteiger partial charge < -0.3 is 14.7 Å². The maximum Gasteiger partial charge on any atom is 0.308 e. The molecule has 1 aliphatic heterocycles. The summed E-state index contributed by atoms with van der Waals surface area (Å²) >= 11 is 0. The minimum absolute atomic E-state index is 0.191. The predicted molar refractivity (Wildman–Crippen MR) is 88.5 cm³/mol. The van der Waals surface area contributed by atoms with E-state index >= 15 is 0 Å². The molecule has 1 aliphatic rings. The molecular formula is C17H18FN3O4. The quantitative estimate of drug-likeness (QED) is 0.896. The number of carbonyl (C=O) groups is 1. The zero-order valence-corrected chi connectivity index (χ0v) is 13.8. The molecule has 0 amide bonds. The van der Waals surface area contributed by atoms with Gasteiger partial charge in [0.05, 0.1) is 13.0 Å². The molecule has 2 aromatic rings. The first-order chi connectivity index (χ1) is 11.9. The number of methoxy groups -OCH3 is 1. The molecule has 1 aromatic heterocycles. The molecule has 1 N–H and O–H groups in total. The fourth-order valence-corrected chi connectivity index (χ4v) is 3.15. The molecule has 0 aliphatic carbocycles. The lowest BCUT2D eigenvalue weighted by Crippen LogP contribution is -2.27. The average molecular weight is 347 g/mol. The second-order valence-electron chi connectivity index (χ2n) is 6.00. The van der Waals surface area contributed by atoms with Crippen molar-refractivity contribution < 1.29 is 19.0 Å². The third-order valence-corrected chi connectivity index (χ3v) is 4.51. The van der Waals surface area contributed by atoms with Gasteiger partial charge in [-0.15, -0.1) is 0 Å². The Kier molecular flexibility index (Phi) is 4.43. The lowest BCUT2D eigenvalue weighted by atomic mass is 9.88. The summed E-state index contributed by atoms with van der Waals surface area (Å²) in [7, 11) is 2.97. The summed E-state index contributed by atoms with van der Waals surface area (Å²) in [4.78, 5) is 24.9.